The van der Waals surface area contributed by atoms with Crippen LogP contribution in [-0.4, -0.2) is 5.91 Å². The number of benzene rings is 2. The first-order chi connectivity index (χ1) is 9.61. The molecule has 0 aromatic heterocycles. The van der Waals surface area contributed by atoms with Crippen molar-refractivity contribution in [3.8, 4) is 5.75 Å². The molecule has 0 radical (unpaired) electrons. The van der Waals surface area contributed by atoms with Crippen LogP contribution in [0.3, 0.4) is 0 Å². The highest BCUT2D eigenvalue weighted by Gasteiger charge is 2.09. The van der Waals surface area contributed by atoms with Crippen molar-refractivity contribution >= 4 is 5.91 Å². The molecule has 0 saturated heterocycles. The molecule has 5 heteroatoms. The van der Waals surface area contributed by atoms with Gasteiger partial charge in [0.15, 0.2) is 0 Å². The predicted molar refractivity (Wildman–Crippen MR) is 73.6 cm³/mol. The van der Waals surface area contributed by atoms with Crippen LogP contribution < -0.4 is 16.0 Å². The maximum absolute atomic E-state index is 13.7. The Bertz CT molecular complexity index is 629. The van der Waals surface area contributed by atoms with E-state index in [4.69, 9.17) is 10.6 Å². The van der Waals surface area contributed by atoms with Gasteiger partial charge in [-0.3, -0.25) is 10.2 Å². The van der Waals surface area contributed by atoms with Gasteiger partial charge in [-0.15, -0.1) is 0 Å². The smallest absolute Gasteiger partial charge is 0.265 e. The highest BCUT2D eigenvalue weighted by Crippen LogP contribution is 2.19. The van der Waals surface area contributed by atoms with Crippen molar-refractivity contribution in [2.24, 2.45) is 5.84 Å². The van der Waals surface area contributed by atoms with Gasteiger partial charge in [-0.1, -0.05) is 18.2 Å². The Hall–Kier alpha value is -2.40. The molecule has 0 spiro atoms. The number of amides is 1. The van der Waals surface area contributed by atoms with E-state index >= 15 is 0 Å². The second-order valence-electron chi connectivity index (χ2n) is 4.33. The van der Waals surface area contributed by atoms with Crippen molar-refractivity contribution in [3.63, 3.8) is 0 Å². The zero-order chi connectivity index (χ0) is 14.5. The van der Waals surface area contributed by atoms with Gasteiger partial charge in [0.25, 0.3) is 5.91 Å². The van der Waals surface area contributed by atoms with E-state index in [-0.39, 0.29) is 12.2 Å². The third-order valence-corrected chi connectivity index (χ3v) is 2.92. The quantitative estimate of drug-likeness (QED) is 0.511. The molecule has 20 heavy (non-hydrogen) atoms. The van der Waals surface area contributed by atoms with Crippen LogP contribution in [0.5, 0.6) is 5.75 Å². The van der Waals surface area contributed by atoms with E-state index in [1.165, 1.54) is 18.2 Å². The molecule has 0 bridgehead atoms. The van der Waals surface area contributed by atoms with E-state index in [9.17, 15) is 9.18 Å². The lowest BCUT2D eigenvalue weighted by molar-refractivity contribution is 0.0953. The molecule has 0 aliphatic carbocycles. The van der Waals surface area contributed by atoms with Gasteiger partial charge in [0, 0.05) is 11.1 Å². The summed E-state index contributed by atoms with van der Waals surface area (Å²) in [6.45, 7) is 1.95. The number of aryl methyl sites for hydroxylation is 1. The minimum atomic E-state index is -0.470. The summed E-state index contributed by atoms with van der Waals surface area (Å²) in [5.41, 5.74) is 3.56. The number of nitrogen functional groups attached to an aromatic ring is 1. The number of rotatable bonds is 4. The van der Waals surface area contributed by atoms with Crippen LogP contribution in [0.1, 0.15) is 21.5 Å². The van der Waals surface area contributed by atoms with E-state index in [1.54, 1.807) is 0 Å². The first-order valence-electron chi connectivity index (χ1n) is 6.09. The molecule has 0 unspecified atom stereocenters. The Morgan fingerprint density at radius 2 is 2.05 bits per heavy atom. The van der Waals surface area contributed by atoms with E-state index < -0.39 is 11.7 Å². The van der Waals surface area contributed by atoms with Gasteiger partial charge >= 0.3 is 0 Å². The van der Waals surface area contributed by atoms with Crippen LogP contribution in [0, 0.1) is 12.7 Å². The molecule has 2 aromatic rings. The monoisotopic (exact) mass is 274 g/mol. The lowest BCUT2D eigenvalue weighted by Crippen LogP contribution is -2.30. The fraction of sp³-hybridized carbons (Fsp3) is 0.133. The average Bonchev–Trinajstić information content (AvgIpc) is 2.47. The van der Waals surface area contributed by atoms with Crippen LogP contribution in [0.15, 0.2) is 42.5 Å². The van der Waals surface area contributed by atoms with Crippen LogP contribution >= 0.6 is 0 Å². The van der Waals surface area contributed by atoms with Crippen LogP contribution in [-0.2, 0) is 6.61 Å². The summed E-state index contributed by atoms with van der Waals surface area (Å²) < 4.78 is 19.3. The molecule has 0 heterocycles. The fourth-order valence-corrected chi connectivity index (χ4v) is 1.78. The van der Waals surface area contributed by atoms with Gasteiger partial charge in [-0.25, -0.2) is 10.2 Å². The van der Waals surface area contributed by atoms with Gasteiger partial charge in [-0.05, 0) is 36.8 Å². The number of para-hydroxylation sites is 1. The summed E-state index contributed by atoms with van der Waals surface area (Å²) >= 11 is 0. The van der Waals surface area contributed by atoms with Crippen molar-refractivity contribution in [2.45, 2.75) is 13.5 Å². The standard InChI is InChI=1S/C15H15FN2O2/c1-10-4-2-3-5-14(10)20-9-12-8-11(15(19)18-17)6-7-13(12)16/h2-8H,9,17H2,1H3,(H,18,19). The van der Waals surface area contributed by atoms with Crippen LogP contribution in [0.25, 0.3) is 0 Å². The molecule has 2 aromatic carbocycles. The number of hydrogen-bond donors (Lipinski definition) is 2. The lowest BCUT2D eigenvalue weighted by atomic mass is 10.1. The molecule has 0 aliphatic heterocycles. The molecule has 4 nitrogen and oxygen atoms in total. The molecule has 1 amide bonds. The van der Waals surface area contributed by atoms with Gasteiger partial charge in [0.1, 0.15) is 18.2 Å². The van der Waals surface area contributed by atoms with Crippen LogP contribution in [0.4, 0.5) is 4.39 Å². The van der Waals surface area contributed by atoms with E-state index in [2.05, 4.69) is 0 Å². The molecule has 0 atom stereocenters. The Kier molecular flexibility index (Phi) is 4.32. The summed E-state index contributed by atoms with van der Waals surface area (Å²) in [7, 11) is 0. The van der Waals surface area contributed by atoms with E-state index in [0.717, 1.165) is 5.56 Å². The minimum Gasteiger partial charge on any atom is -0.489 e. The third kappa shape index (κ3) is 3.13. The maximum atomic E-state index is 13.7. The highest BCUT2D eigenvalue weighted by molar-refractivity contribution is 5.93. The third-order valence-electron chi connectivity index (χ3n) is 2.92. The number of halogens is 1. The van der Waals surface area contributed by atoms with Gasteiger partial charge in [0.2, 0.25) is 0 Å². The second-order valence-corrected chi connectivity index (χ2v) is 4.33. The van der Waals surface area contributed by atoms with Crippen molar-refractivity contribution in [1.82, 2.24) is 5.43 Å². The van der Waals surface area contributed by atoms with Crippen LogP contribution in [0.2, 0.25) is 0 Å². The van der Waals surface area contributed by atoms with Crippen molar-refractivity contribution < 1.29 is 13.9 Å². The summed E-state index contributed by atoms with van der Waals surface area (Å²) in [4.78, 5) is 11.4. The molecular formula is C15H15FN2O2. The van der Waals surface area contributed by atoms with Gasteiger partial charge in [0.05, 0.1) is 0 Å². The number of nitrogens with one attached hydrogen (secondary N) is 1. The molecular weight excluding hydrogens is 259 g/mol. The van der Waals surface area contributed by atoms with Gasteiger partial charge < -0.3 is 4.74 Å². The molecule has 0 saturated carbocycles. The average molecular weight is 274 g/mol. The molecule has 104 valence electrons. The zero-order valence-electron chi connectivity index (χ0n) is 11.0. The summed E-state index contributed by atoms with van der Waals surface area (Å²) in [5, 5.41) is 0. The Labute approximate surface area is 116 Å². The number of nitrogens with two attached hydrogens (primary N) is 1. The topological polar surface area (TPSA) is 64.3 Å². The predicted octanol–water partition coefficient (Wildman–Crippen LogP) is 2.32. The summed E-state index contributed by atoms with van der Waals surface area (Å²) in [5.74, 6) is 4.84. The van der Waals surface area contributed by atoms with Crippen molar-refractivity contribution in [3.05, 3.63) is 65.0 Å². The van der Waals surface area contributed by atoms with E-state index in [0.29, 0.717) is 11.3 Å². The largest absolute Gasteiger partial charge is 0.489 e. The Morgan fingerprint density at radius 3 is 2.75 bits per heavy atom. The number of hydrogen-bond acceptors (Lipinski definition) is 3. The number of hydrazine groups is 1. The number of ether oxygens (including phenoxy) is 1. The molecule has 0 aliphatic rings. The minimum absolute atomic E-state index is 0.0440. The van der Waals surface area contributed by atoms with Gasteiger partial charge in [-0.2, -0.15) is 0 Å². The van der Waals surface area contributed by atoms with Crippen molar-refractivity contribution in [1.29, 1.82) is 0 Å². The normalized spacial score (nSPS) is 10.2. The Morgan fingerprint density at radius 1 is 1.30 bits per heavy atom. The summed E-state index contributed by atoms with van der Waals surface area (Å²) in [6.07, 6.45) is 0. The molecule has 3 N–H and O–H groups in total. The molecule has 0 fully saturated rings. The number of carbonyl (C=O) groups excluding carboxylic acids is 1. The zero-order valence-corrected chi connectivity index (χ0v) is 11.0. The first kappa shape index (κ1) is 14.0. The maximum Gasteiger partial charge on any atom is 0.265 e. The lowest BCUT2D eigenvalue weighted by Gasteiger charge is -2.10. The SMILES string of the molecule is Cc1ccccc1OCc1cc(C(=O)NN)ccc1F. The first-order valence-corrected chi connectivity index (χ1v) is 6.09. The Balaban J connectivity index is 2.17. The second kappa shape index (κ2) is 6.16. The number of carbonyl (C=O) groups is 1. The fourth-order valence-electron chi connectivity index (χ4n) is 1.78. The molecule has 2 rings (SSSR count). The summed E-state index contributed by atoms with van der Waals surface area (Å²) in [6, 6.07) is 11.5. The van der Waals surface area contributed by atoms with Crippen molar-refractivity contribution in [2.75, 3.05) is 0 Å². The highest BCUT2D eigenvalue weighted by atomic mass is 19.1. The van der Waals surface area contributed by atoms with E-state index in [1.807, 2.05) is 36.6 Å².